The predicted molar refractivity (Wildman–Crippen MR) is 192 cm³/mol. The van der Waals surface area contributed by atoms with Crippen molar-refractivity contribution in [2.24, 2.45) is 0 Å². The van der Waals surface area contributed by atoms with Crippen molar-refractivity contribution in [3.63, 3.8) is 0 Å². The lowest BCUT2D eigenvalue weighted by atomic mass is 9.95. The van der Waals surface area contributed by atoms with Crippen molar-refractivity contribution in [3.05, 3.63) is 88.4 Å². The summed E-state index contributed by atoms with van der Waals surface area (Å²) in [5.74, 6) is 1.17. The molecular weight excluding hydrogens is 625 g/mol. The molecule has 2 heterocycles. The Morgan fingerprint density at radius 2 is 1.54 bits per heavy atom. The first kappa shape index (κ1) is 37.2. The van der Waals surface area contributed by atoms with Crippen LogP contribution in [0.25, 0.3) is 22.5 Å². The van der Waals surface area contributed by atoms with Crippen LogP contribution in [0.1, 0.15) is 79.9 Å². The molecule has 10 heteroatoms. The third kappa shape index (κ3) is 11.2. The molecule has 2 aromatic carbocycles. The van der Waals surface area contributed by atoms with Gasteiger partial charge in [0.25, 0.3) is 5.91 Å². The number of aliphatic hydroxyl groups excluding tert-OH is 3. The molecule has 0 spiro atoms. The largest absolute Gasteiger partial charge is 0.494 e. The van der Waals surface area contributed by atoms with E-state index in [0.717, 1.165) is 45.9 Å². The van der Waals surface area contributed by atoms with E-state index in [9.17, 15) is 20.1 Å². The Morgan fingerprint density at radius 3 is 2.17 bits per heavy atom. The van der Waals surface area contributed by atoms with E-state index < -0.39 is 25.0 Å². The molecule has 0 aliphatic rings. The number of nitrogens with one attached hydrogen (secondary N) is 2. The molecule has 1 amide bonds. The van der Waals surface area contributed by atoms with Crippen LogP contribution in [0, 0.1) is 0 Å². The third-order valence-corrected chi connectivity index (χ3v) is 9.57. The number of carbonyl (C=O) groups is 1. The molecule has 2 unspecified atom stereocenters. The fourth-order valence-corrected chi connectivity index (χ4v) is 6.08. The summed E-state index contributed by atoms with van der Waals surface area (Å²) in [6.45, 7) is 8.77. The van der Waals surface area contributed by atoms with Crippen LogP contribution in [0.3, 0.4) is 0 Å². The van der Waals surface area contributed by atoms with Crippen molar-refractivity contribution in [2.75, 3.05) is 19.8 Å². The molecule has 0 saturated heterocycles. The first-order valence-corrected chi connectivity index (χ1v) is 17.6. The number of benzene rings is 2. The quantitative estimate of drug-likeness (QED) is 0.0629. The number of hydrogen-bond donors (Lipinski definition) is 5. The number of ether oxygens (including phenoxy) is 1. The molecule has 0 aliphatic heterocycles. The summed E-state index contributed by atoms with van der Waals surface area (Å²) in [5, 5.41) is 35.7. The summed E-state index contributed by atoms with van der Waals surface area (Å²) in [7, 11) is 0. The third-order valence-electron chi connectivity index (χ3n) is 8.06. The van der Waals surface area contributed by atoms with E-state index >= 15 is 0 Å². The lowest BCUT2D eigenvalue weighted by Crippen LogP contribution is -2.52. The van der Waals surface area contributed by atoms with E-state index in [2.05, 4.69) is 48.3 Å². The van der Waals surface area contributed by atoms with Gasteiger partial charge in [0.05, 0.1) is 30.2 Å². The highest BCUT2D eigenvalue weighted by Crippen LogP contribution is 2.30. The summed E-state index contributed by atoms with van der Waals surface area (Å²) >= 11 is 1.43. The van der Waals surface area contributed by atoms with Crippen LogP contribution in [0.2, 0.25) is 0 Å². The summed E-state index contributed by atoms with van der Waals surface area (Å²) in [6.07, 6.45) is 7.79. The fraction of sp³-hybridized carbons (Fsp3) is 0.447. The van der Waals surface area contributed by atoms with Crippen molar-refractivity contribution in [1.82, 2.24) is 20.6 Å². The van der Waals surface area contributed by atoms with E-state index in [1.54, 1.807) is 6.07 Å². The Labute approximate surface area is 288 Å². The van der Waals surface area contributed by atoms with E-state index in [-0.39, 0.29) is 17.9 Å². The van der Waals surface area contributed by atoms with Gasteiger partial charge in [0.2, 0.25) is 0 Å². The van der Waals surface area contributed by atoms with Gasteiger partial charge in [-0.05, 0) is 53.6 Å². The average molecular weight is 675 g/mol. The van der Waals surface area contributed by atoms with Crippen LogP contribution >= 0.6 is 11.3 Å². The molecule has 0 aliphatic carbocycles. The molecular formula is C38H50N4O5S. The smallest absolute Gasteiger partial charge is 0.261 e. The Bertz CT molecular complexity index is 1540. The van der Waals surface area contributed by atoms with Gasteiger partial charge in [-0.2, -0.15) is 0 Å². The van der Waals surface area contributed by atoms with E-state index in [1.807, 2.05) is 67.0 Å². The van der Waals surface area contributed by atoms with Gasteiger partial charge in [-0.15, -0.1) is 11.3 Å². The number of rotatable bonds is 18. The molecule has 4 rings (SSSR count). The molecule has 2 aromatic heterocycles. The van der Waals surface area contributed by atoms with Gasteiger partial charge in [0.15, 0.2) is 5.82 Å². The summed E-state index contributed by atoms with van der Waals surface area (Å²) in [6, 6.07) is 18.7. The van der Waals surface area contributed by atoms with E-state index in [1.165, 1.54) is 37.0 Å². The Morgan fingerprint density at radius 1 is 0.875 bits per heavy atom. The molecule has 4 aromatic rings. The van der Waals surface area contributed by atoms with Gasteiger partial charge in [-0.3, -0.25) is 10.1 Å². The lowest BCUT2D eigenvalue weighted by Gasteiger charge is -2.26. The molecule has 0 radical (unpaired) electrons. The summed E-state index contributed by atoms with van der Waals surface area (Å²) in [5.41, 5.74) is 3.56. The Balaban J connectivity index is 1.38. The maximum atomic E-state index is 13.2. The molecule has 9 nitrogen and oxygen atoms in total. The number of hydrogen-bond acceptors (Lipinski definition) is 9. The molecule has 48 heavy (non-hydrogen) atoms. The van der Waals surface area contributed by atoms with Gasteiger partial charge >= 0.3 is 0 Å². The highest BCUT2D eigenvalue weighted by Gasteiger charge is 2.25. The second kappa shape index (κ2) is 18.2. The number of amides is 1. The number of thiophene rings is 1. The van der Waals surface area contributed by atoms with Crippen LogP contribution in [-0.4, -0.2) is 69.3 Å². The van der Waals surface area contributed by atoms with Crippen molar-refractivity contribution < 1.29 is 24.9 Å². The standard InChI is InChI=1S/C38H50N4O5S/c1-5-6-7-8-9-20-47-31-16-14-27(15-17-31)29-22-39-35(40-23-29)28-12-10-26(11-13-28)21-32(36(45)41-24-30(44)25-43)42-37(46)33-18-19-34(48-33)38(2,3)4/h10-19,22-23,30,32,36,41,43-45H,5-9,20-21,24-25H2,1-4H3,(H,42,46)/t30?,32-,36?/m0/s1. The zero-order valence-electron chi connectivity index (χ0n) is 28.5. The van der Waals surface area contributed by atoms with Crippen LogP contribution < -0.4 is 15.4 Å². The van der Waals surface area contributed by atoms with Crippen molar-refractivity contribution in [2.45, 2.75) is 90.0 Å². The second-order valence-corrected chi connectivity index (χ2v) is 14.3. The molecule has 0 saturated carbocycles. The lowest BCUT2D eigenvalue weighted by molar-refractivity contribution is 0.0488. The molecule has 258 valence electrons. The van der Waals surface area contributed by atoms with Crippen molar-refractivity contribution >= 4 is 17.2 Å². The topological polar surface area (TPSA) is 137 Å². The summed E-state index contributed by atoms with van der Waals surface area (Å²) < 4.78 is 5.89. The molecule has 0 bridgehead atoms. The number of carbonyl (C=O) groups excluding carboxylic acids is 1. The zero-order valence-corrected chi connectivity index (χ0v) is 29.3. The first-order valence-electron chi connectivity index (χ1n) is 16.8. The minimum Gasteiger partial charge on any atom is -0.494 e. The minimum atomic E-state index is -1.16. The zero-order chi connectivity index (χ0) is 34.5. The van der Waals surface area contributed by atoms with Crippen LogP contribution in [-0.2, 0) is 11.8 Å². The molecule has 5 N–H and O–H groups in total. The highest BCUT2D eigenvalue weighted by molar-refractivity contribution is 7.14. The SMILES string of the molecule is CCCCCCCOc1ccc(-c2cnc(-c3ccc(C[C@H](NC(=O)c4ccc(C(C)(C)C)s4)C(O)NCC(O)CO)cc3)nc2)cc1. The van der Waals surface area contributed by atoms with Crippen molar-refractivity contribution in [1.29, 1.82) is 0 Å². The van der Waals surface area contributed by atoms with Crippen LogP contribution in [0.15, 0.2) is 73.1 Å². The average Bonchev–Trinajstić information content (AvgIpc) is 3.61. The normalized spacial score (nSPS) is 13.6. The van der Waals surface area contributed by atoms with Gasteiger partial charge in [0, 0.05) is 34.9 Å². The number of nitrogens with zero attached hydrogens (tertiary/aromatic N) is 2. The number of aromatic nitrogens is 2. The van der Waals surface area contributed by atoms with E-state index in [4.69, 9.17) is 4.74 Å². The number of unbranched alkanes of at least 4 members (excludes halogenated alkanes) is 4. The summed E-state index contributed by atoms with van der Waals surface area (Å²) in [4.78, 5) is 24.0. The van der Waals surface area contributed by atoms with Crippen molar-refractivity contribution in [3.8, 4) is 28.3 Å². The van der Waals surface area contributed by atoms with Crippen LogP contribution in [0.5, 0.6) is 5.75 Å². The molecule has 0 fully saturated rings. The first-order chi connectivity index (χ1) is 23.1. The predicted octanol–water partition coefficient (Wildman–Crippen LogP) is 6.12. The van der Waals surface area contributed by atoms with Gasteiger partial charge < -0.3 is 25.4 Å². The van der Waals surface area contributed by atoms with Gasteiger partial charge in [-0.25, -0.2) is 9.97 Å². The maximum Gasteiger partial charge on any atom is 0.261 e. The maximum absolute atomic E-state index is 13.2. The molecule has 3 atom stereocenters. The minimum absolute atomic E-state index is 0.0272. The highest BCUT2D eigenvalue weighted by atomic mass is 32.1. The van der Waals surface area contributed by atoms with E-state index in [0.29, 0.717) is 17.1 Å². The van der Waals surface area contributed by atoms with Crippen LogP contribution in [0.4, 0.5) is 0 Å². The number of aliphatic hydroxyl groups is 3. The monoisotopic (exact) mass is 674 g/mol. The van der Waals surface area contributed by atoms with Gasteiger partial charge in [0.1, 0.15) is 12.0 Å². The Hall–Kier alpha value is -3.67. The fourth-order valence-electron chi connectivity index (χ4n) is 5.12. The second-order valence-electron chi connectivity index (χ2n) is 13.2. The Kier molecular flexibility index (Phi) is 14.1. The van der Waals surface area contributed by atoms with Gasteiger partial charge in [-0.1, -0.05) is 89.8 Å².